The molecule has 0 fully saturated rings. The van der Waals surface area contributed by atoms with Gasteiger partial charge in [0, 0.05) is 10.6 Å². The number of amides is 1. The summed E-state index contributed by atoms with van der Waals surface area (Å²) in [6, 6.07) is 9.85. The smallest absolute Gasteiger partial charge is 0.276 e. The molecule has 0 aliphatic rings. The maximum atomic E-state index is 12.0. The van der Waals surface area contributed by atoms with Gasteiger partial charge in [-0.15, -0.1) is 0 Å². The second kappa shape index (κ2) is 7.44. The number of nitrogens with two attached hydrogens (primary N) is 1. The molecule has 0 heterocycles. The van der Waals surface area contributed by atoms with Crippen molar-refractivity contribution in [2.75, 3.05) is 6.54 Å². The standard InChI is InChI=1S/C16H22ClN3O/c1-11(2)16(4,10-18)20-15(21)9-19-12(3)13-7-5-6-8-14(13)17/h5-8,11-12,19H,9H2,1-4H3,(H,20,21)/p+1/t12-,16-/m1/s1. The summed E-state index contributed by atoms with van der Waals surface area (Å²) < 4.78 is 0. The van der Waals surface area contributed by atoms with Crippen molar-refractivity contribution in [2.45, 2.75) is 39.3 Å². The molecule has 0 aliphatic heterocycles. The number of carbonyl (C=O) groups excluding carboxylic acids is 1. The molecule has 0 spiro atoms. The van der Waals surface area contributed by atoms with E-state index in [0.717, 1.165) is 5.56 Å². The largest absolute Gasteiger partial charge is 0.333 e. The van der Waals surface area contributed by atoms with Crippen LogP contribution in [0, 0.1) is 17.2 Å². The fourth-order valence-corrected chi connectivity index (χ4v) is 2.21. The Morgan fingerprint density at radius 3 is 2.57 bits per heavy atom. The highest BCUT2D eigenvalue weighted by Crippen LogP contribution is 2.19. The van der Waals surface area contributed by atoms with Crippen LogP contribution in [0.15, 0.2) is 24.3 Å². The lowest BCUT2D eigenvalue weighted by molar-refractivity contribution is -0.682. The Balaban J connectivity index is 2.58. The lowest BCUT2D eigenvalue weighted by Gasteiger charge is -2.27. The molecule has 0 unspecified atom stereocenters. The number of halogens is 1. The van der Waals surface area contributed by atoms with E-state index in [1.807, 2.05) is 50.4 Å². The van der Waals surface area contributed by atoms with Crippen molar-refractivity contribution >= 4 is 17.5 Å². The summed E-state index contributed by atoms with van der Waals surface area (Å²) >= 11 is 6.14. The Labute approximate surface area is 131 Å². The van der Waals surface area contributed by atoms with Gasteiger partial charge in [-0.25, -0.2) is 0 Å². The van der Waals surface area contributed by atoms with E-state index in [2.05, 4.69) is 11.4 Å². The molecule has 3 N–H and O–H groups in total. The number of rotatable bonds is 6. The Morgan fingerprint density at radius 1 is 1.43 bits per heavy atom. The van der Waals surface area contributed by atoms with Gasteiger partial charge in [-0.3, -0.25) is 4.79 Å². The number of nitrogens with one attached hydrogen (secondary N) is 1. The molecule has 1 amide bonds. The first kappa shape index (κ1) is 17.5. The molecule has 0 radical (unpaired) electrons. The summed E-state index contributed by atoms with van der Waals surface area (Å²) in [7, 11) is 0. The molecular weight excluding hydrogens is 286 g/mol. The van der Waals surface area contributed by atoms with Gasteiger partial charge < -0.3 is 10.6 Å². The summed E-state index contributed by atoms with van der Waals surface area (Å²) in [6.45, 7) is 7.84. The van der Waals surface area contributed by atoms with Crippen LogP contribution in [0.5, 0.6) is 0 Å². The molecule has 0 saturated heterocycles. The SMILES string of the molecule is CC(C)[C@@](C)(C#N)NC(=O)C[NH2+][C@H](C)c1ccccc1Cl. The van der Waals surface area contributed by atoms with E-state index in [4.69, 9.17) is 11.6 Å². The van der Waals surface area contributed by atoms with E-state index >= 15 is 0 Å². The van der Waals surface area contributed by atoms with Crippen LogP contribution in [-0.2, 0) is 4.79 Å². The number of carbonyl (C=O) groups is 1. The molecule has 2 atom stereocenters. The average molecular weight is 309 g/mol. The first-order valence-electron chi connectivity index (χ1n) is 7.10. The number of nitrogens with zero attached hydrogens (tertiary/aromatic N) is 1. The third kappa shape index (κ3) is 4.73. The molecule has 1 aromatic rings. The van der Waals surface area contributed by atoms with E-state index in [1.54, 1.807) is 6.92 Å². The van der Waals surface area contributed by atoms with Crippen LogP contribution in [0.4, 0.5) is 0 Å². The highest BCUT2D eigenvalue weighted by molar-refractivity contribution is 6.31. The van der Waals surface area contributed by atoms with Crippen molar-refractivity contribution in [1.82, 2.24) is 5.32 Å². The molecule has 114 valence electrons. The minimum atomic E-state index is -0.835. The number of nitriles is 1. The van der Waals surface area contributed by atoms with E-state index in [0.29, 0.717) is 5.02 Å². The van der Waals surface area contributed by atoms with Gasteiger partial charge in [-0.2, -0.15) is 5.26 Å². The lowest BCUT2D eigenvalue weighted by atomic mass is 9.90. The molecule has 5 heteroatoms. The molecule has 1 rings (SSSR count). The van der Waals surface area contributed by atoms with Gasteiger partial charge in [0.05, 0.1) is 6.07 Å². The third-order valence-electron chi connectivity index (χ3n) is 3.84. The number of benzene rings is 1. The van der Waals surface area contributed by atoms with Gasteiger partial charge in [-0.05, 0) is 25.8 Å². The van der Waals surface area contributed by atoms with Crippen LogP contribution >= 0.6 is 11.6 Å². The predicted molar refractivity (Wildman–Crippen MR) is 83.7 cm³/mol. The van der Waals surface area contributed by atoms with Crippen molar-refractivity contribution in [3.8, 4) is 6.07 Å². The van der Waals surface area contributed by atoms with Crippen molar-refractivity contribution in [3.05, 3.63) is 34.9 Å². The second-order valence-electron chi connectivity index (χ2n) is 5.77. The molecule has 0 bridgehead atoms. The zero-order chi connectivity index (χ0) is 16.0. The van der Waals surface area contributed by atoms with Crippen molar-refractivity contribution in [3.63, 3.8) is 0 Å². The maximum absolute atomic E-state index is 12.0. The lowest BCUT2D eigenvalue weighted by Crippen LogP contribution is -2.87. The van der Waals surface area contributed by atoms with Crippen LogP contribution in [0.25, 0.3) is 0 Å². The van der Waals surface area contributed by atoms with Gasteiger partial charge in [0.1, 0.15) is 11.6 Å². The Kier molecular flexibility index (Phi) is 6.19. The Morgan fingerprint density at radius 2 is 2.05 bits per heavy atom. The van der Waals surface area contributed by atoms with Crippen molar-refractivity contribution in [2.24, 2.45) is 5.92 Å². The fraction of sp³-hybridized carbons (Fsp3) is 0.500. The van der Waals surface area contributed by atoms with Crippen molar-refractivity contribution < 1.29 is 10.1 Å². The number of hydrogen-bond donors (Lipinski definition) is 2. The van der Waals surface area contributed by atoms with Gasteiger partial charge in [0.2, 0.25) is 0 Å². The second-order valence-corrected chi connectivity index (χ2v) is 6.17. The number of hydrogen-bond acceptors (Lipinski definition) is 2. The summed E-state index contributed by atoms with van der Waals surface area (Å²) in [4.78, 5) is 12.0. The highest BCUT2D eigenvalue weighted by atomic mass is 35.5. The quantitative estimate of drug-likeness (QED) is 0.844. The number of quaternary nitrogens is 1. The van der Waals surface area contributed by atoms with Crippen LogP contribution < -0.4 is 10.6 Å². The third-order valence-corrected chi connectivity index (χ3v) is 4.18. The molecule has 0 aromatic heterocycles. The first-order valence-corrected chi connectivity index (χ1v) is 7.48. The summed E-state index contributed by atoms with van der Waals surface area (Å²) in [5.41, 5.74) is 0.164. The molecule has 0 aliphatic carbocycles. The van der Waals surface area contributed by atoms with Crippen molar-refractivity contribution in [1.29, 1.82) is 5.26 Å². The van der Waals surface area contributed by atoms with E-state index < -0.39 is 5.54 Å². The van der Waals surface area contributed by atoms with Gasteiger partial charge in [0.15, 0.2) is 6.54 Å². The topological polar surface area (TPSA) is 69.5 Å². The minimum absolute atomic E-state index is 0.0486. The molecular formula is C16H23ClN3O+. The fourth-order valence-electron chi connectivity index (χ4n) is 1.90. The summed E-state index contributed by atoms with van der Waals surface area (Å²) in [6.07, 6.45) is 0. The Hall–Kier alpha value is -1.57. The normalized spacial score (nSPS) is 15.1. The molecule has 21 heavy (non-hydrogen) atoms. The summed E-state index contributed by atoms with van der Waals surface area (Å²) in [5, 5.41) is 14.6. The van der Waals surface area contributed by atoms with Crippen LogP contribution in [0.2, 0.25) is 5.02 Å². The van der Waals surface area contributed by atoms with E-state index in [-0.39, 0.29) is 24.4 Å². The molecule has 0 saturated carbocycles. The molecule has 1 aromatic carbocycles. The van der Waals surface area contributed by atoms with Gasteiger partial charge in [0.25, 0.3) is 5.91 Å². The minimum Gasteiger partial charge on any atom is -0.333 e. The van der Waals surface area contributed by atoms with E-state index in [9.17, 15) is 10.1 Å². The zero-order valence-electron chi connectivity index (χ0n) is 13.0. The van der Waals surface area contributed by atoms with Crippen LogP contribution in [0.1, 0.15) is 39.3 Å². The Bertz CT molecular complexity index is 539. The van der Waals surface area contributed by atoms with E-state index in [1.165, 1.54) is 0 Å². The van der Waals surface area contributed by atoms with Crippen LogP contribution in [0.3, 0.4) is 0 Å². The van der Waals surface area contributed by atoms with Gasteiger partial charge in [-0.1, -0.05) is 43.6 Å². The average Bonchev–Trinajstić information content (AvgIpc) is 2.44. The van der Waals surface area contributed by atoms with Crippen LogP contribution in [-0.4, -0.2) is 18.0 Å². The zero-order valence-corrected chi connectivity index (χ0v) is 13.7. The first-order chi connectivity index (χ1) is 9.80. The monoisotopic (exact) mass is 308 g/mol. The molecule has 4 nitrogen and oxygen atoms in total. The predicted octanol–water partition coefficient (Wildman–Crippen LogP) is 2.02. The van der Waals surface area contributed by atoms with Gasteiger partial charge >= 0.3 is 0 Å². The maximum Gasteiger partial charge on any atom is 0.276 e. The highest BCUT2D eigenvalue weighted by Gasteiger charge is 2.30. The summed E-state index contributed by atoms with van der Waals surface area (Å²) in [5.74, 6) is -0.0981.